The first-order valence-electron chi connectivity index (χ1n) is 6.95. The van der Waals surface area contributed by atoms with Crippen molar-refractivity contribution in [1.82, 2.24) is 9.80 Å². The van der Waals surface area contributed by atoms with E-state index in [1.165, 1.54) is 0 Å². The highest BCUT2D eigenvalue weighted by molar-refractivity contribution is 5.78. The van der Waals surface area contributed by atoms with Gasteiger partial charge in [0.15, 0.2) is 0 Å². The predicted molar refractivity (Wildman–Crippen MR) is 71.3 cm³/mol. The Balaban J connectivity index is 1.82. The molecule has 18 heavy (non-hydrogen) atoms. The van der Waals surface area contributed by atoms with Gasteiger partial charge in [-0.05, 0) is 25.7 Å². The van der Waals surface area contributed by atoms with E-state index < -0.39 is 6.10 Å². The molecular formula is C14H26N2O2. The van der Waals surface area contributed by atoms with E-state index in [0.717, 1.165) is 19.5 Å². The number of carbonyl (C=O) groups is 1. The maximum absolute atomic E-state index is 11.5. The number of β-amino-alcohol motifs (C(OH)–C–C–N with tert-alkyl or cyclic N) is 1. The number of carbonyl (C=O) groups excluding carboxylic acids is 1. The summed E-state index contributed by atoms with van der Waals surface area (Å²) in [5.74, 6) is 0.192. The van der Waals surface area contributed by atoms with Crippen molar-refractivity contribution >= 4 is 5.91 Å². The zero-order valence-electron chi connectivity index (χ0n) is 12.1. The summed E-state index contributed by atoms with van der Waals surface area (Å²) in [6, 6.07) is 0. The second-order valence-corrected chi connectivity index (χ2v) is 6.92. The molecule has 1 N–H and O–H groups in total. The van der Waals surface area contributed by atoms with Crippen LogP contribution in [-0.4, -0.2) is 58.6 Å². The Morgan fingerprint density at radius 3 is 2.39 bits per heavy atom. The third kappa shape index (κ3) is 2.28. The van der Waals surface area contributed by atoms with Crippen LogP contribution < -0.4 is 0 Å². The summed E-state index contributed by atoms with van der Waals surface area (Å²) in [6.07, 6.45) is 1.16. The van der Waals surface area contributed by atoms with Crippen LogP contribution in [0.15, 0.2) is 0 Å². The van der Waals surface area contributed by atoms with Crippen molar-refractivity contribution < 1.29 is 9.90 Å². The Morgan fingerprint density at radius 1 is 1.28 bits per heavy atom. The van der Waals surface area contributed by atoms with Crippen molar-refractivity contribution in [3.05, 3.63) is 0 Å². The Morgan fingerprint density at radius 2 is 1.94 bits per heavy atom. The number of amides is 1. The van der Waals surface area contributed by atoms with Gasteiger partial charge in [-0.1, -0.05) is 13.8 Å². The minimum Gasteiger partial charge on any atom is -0.390 e. The van der Waals surface area contributed by atoms with Crippen LogP contribution in [0.2, 0.25) is 0 Å². The first-order chi connectivity index (χ1) is 8.24. The third-order valence-corrected chi connectivity index (χ3v) is 5.07. The lowest BCUT2D eigenvalue weighted by atomic mass is 9.65. The van der Waals surface area contributed by atoms with Gasteiger partial charge < -0.3 is 10.0 Å². The zero-order chi connectivity index (χ0) is 13.6. The standard InChI is InChI=1S/C14H26N2O2/c1-13(2)10-16(14(13,3)4)9-11(17)8-15-7-5-6-12(15)18/h11,17H,5-10H2,1-4H3. The summed E-state index contributed by atoms with van der Waals surface area (Å²) >= 11 is 0. The number of rotatable bonds is 4. The fraction of sp³-hybridized carbons (Fsp3) is 0.929. The summed E-state index contributed by atoms with van der Waals surface area (Å²) in [6.45, 7) is 12.0. The van der Waals surface area contributed by atoms with E-state index in [1.807, 2.05) is 0 Å². The van der Waals surface area contributed by atoms with Gasteiger partial charge in [0, 0.05) is 38.1 Å². The molecule has 2 aliphatic rings. The van der Waals surface area contributed by atoms with Crippen LogP contribution in [0.25, 0.3) is 0 Å². The number of aliphatic hydroxyl groups excluding tert-OH is 1. The zero-order valence-corrected chi connectivity index (χ0v) is 12.1. The van der Waals surface area contributed by atoms with Gasteiger partial charge in [0.25, 0.3) is 0 Å². The first-order valence-corrected chi connectivity index (χ1v) is 6.95. The summed E-state index contributed by atoms with van der Waals surface area (Å²) in [5.41, 5.74) is 0.430. The van der Waals surface area contributed by atoms with Crippen molar-refractivity contribution in [2.24, 2.45) is 5.41 Å². The van der Waals surface area contributed by atoms with Crippen molar-refractivity contribution in [3.8, 4) is 0 Å². The predicted octanol–water partition coefficient (Wildman–Crippen LogP) is 1.09. The van der Waals surface area contributed by atoms with Gasteiger partial charge in [0.2, 0.25) is 5.91 Å². The molecule has 1 atom stereocenters. The average Bonchev–Trinajstić information content (AvgIpc) is 2.63. The molecule has 2 heterocycles. The SMILES string of the molecule is CC1(C)CN(CC(O)CN2CCCC2=O)C1(C)C. The van der Waals surface area contributed by atoms with E-state index >= 15 is 0 Å². The van der Waals surface area contributed by atoms with Crippen LogP contribution >= 0.6 is 0 Å². The summed E-state index contributed by atoms with van der Waals surface area (Å²) in [4.78, 5) is 15.6. The second kappa shape index (κ2) is 4.49. The number of aliphatic hydroxyl groups is 1. The molecule has 0 saturated carbocycles. The van der Waals surface area contributed by atoms with Crippen LogP contribution in [-0.2, 0) is 4.79 Å². The lowest BCUT2D eigenvalue weighted by Gasteiger charge is -2.62. The molecule has 2 fully saturated rings. The van der Waals surface area contributed by atoms with Crippen LogP contribution in [0.4, 0.5) is 0 Å². The molecule has 0 aromatic rings. The van der Waals surface area contributed by atoms with Gasteiger partial charge in [-0.3, -0.25) is 9.69 Å². The van der Waals surface area contributed by atoms with E-state index in [1.54, 1.807) is 4.90 Å². The van der Waals surface area contributed by atoms with Crippen LogP contribution in [0.5, 0.6) is 0 Å². The Hall–Kier alpha value is -0.610. The fourth-order valence-electron chi connectivity index (χ4n) is 2.96. The molecule has 0 bridgehead atoms. The molecule has 0 spiro atoms. The fourth-order valence-corrected chi connectivity index (χ4v) is 2.96. The van der Waals surface area contributed by atoms with Gasteiger partial charge >= 0.3 is 0 Å². The smallest absolute Gasteiger partial charge is 0.222 e. The van der Waals surface area contributed by atoms with E-state index in [4.69, 9.17) is 0 Å². The molecule has 4 heteroatoms. The summed E-state index contributed by atoms with van der Waals surface area (Å²) in [5, 5.41) is 10.1. The normalized spacial score (nSPS) is 28.3. The van der Waals surface area contributed by atoms with Crippen LogP contribution in [0.1, 0.15) is 40.5 Å². The number of likely N-dealkylation sites (tertiary alicyclic amines) is 2. The maximum Gasteiger partial charge on any atom is 0.222 e. The molecule has 104 valence electrons. The average molecular weight is 254 g/mol. The molecule has 2 rings (SSSR count). The lowest BCUT2D eigenvalue weighted by Crippen LogP contribution is -2.70. The molecule has 4 nitrogen and oxygen atoms in total. The van der Waals surface area contributed by atoms with Gasteiger partial charge in [0.1, 0.15) is 0 Å². The molecule has 0 aromatic heterocycles. The monoisotopic (exact) mass is 254 g/mol. The number of hydrogen-bond acceptors (Lipinski definition) is 3. The molecule has 0 aliphatic carbocycles. The molecular weight excluding hydrogens is 228 g/mol. The largest absolute Gasteiger partial charge is 0.390 e. The first kappa shape index (κ1) is 13.8. The Bertz CT molecular complexity index is 339. The van der Waals surface area contributed by atoms with Gasteiger partial charge in [-0.15, -0.1) is 0 Å². The second-order valence-electron chi connectivity index (χ2n) is 6.92. The van der Waals surface area contributed by atoms with Gasteiger partial charge in [0.05, 0.1) is 6.10 Å². The summed E-state index contributed by atoms with van der Waals surface area (Å²) < 4.78 is 0. The van der Waals surface area contributed by atoms with Crippen molar-refractivity contribution in [1.29, 1.82) is 0 Å². The highest BCUT2D eigenvalue weighted by Crippen LogP contribution is 2.46. The topological polar surface area (TPSA) is 43.8 Å². The quantitative estimate of drug-likeness (QED) is 0.817. The minimum absolute atomic E-state index is 0.128. The van der Waals surface area contributed by atoms with Crippen LogP contribution in [0.3, 0.4) is 0 Å². The maximum atomic E-state index is 11.5. The minimum atomic E-state index is -0.428. The van der Waals surface area contributed by atoms with Gasteiger partial charge in [-0.25, -0.2) is 0 Å². The third-order valence-electron chi connectivity index (χ3n) is 5.07. The Kier molecular flexibility index (Phi) is 3.45. The molecule has 0 aromatic carbocycles. The molecule has 1 amide bonds. The van der Waals surface area contributed by atoms with E-state index in [2.05, 4.69) is 32.6 Å². The van der Waals surface area contributed by atoms with Crippen molar-refractivity contribution in [2.75, 3.05) is 26.2 Å². The van der Waals surface area contributed by atoms with Crippen molar-refractivity contribution in [3.63, 3.8) is 0 Å². The number of hydrogen-bond donors (Lipinski definition) is 1. The summed E-state index contributed by atoms with van der Waals surface area (Å²) in [7, 11) is 0. The lowest BCUT2D eigenvalue weighted by molar-refractivity contribution is -0.138. The van der Waals surface area contributed by atoms with E-state index in [0.29, 0.717) is 24.9 Å². The molecule has 0 radical (unpaired) electrons. The van der Waals surface area contributed by atoms with Crippen LogP contribution in [0, 0.1) is 5.41 Å². The molecule has 2 saturated heterocycles. The highest BCUT2D eigenvalue weighted by atomic mass is 16.3. The number of nitrogens with zero attached hydrogens (tertiary/aromatic N) is 2. The molecule has 2 aliphatic heterocycles. The van der Waals surface area contributed by atoms with Gasteiger partial charge in [-0.2, -0.15) is 0 Å². The van der Waals surface area contributed by atoms with Crippen molar-refractivity contribution in [2.45, 2.75) is 52.2 Å². The van der Waals surface area contributed by atoms with E-state index in [9.17, 15) is 9.90 Å². The van der Waals surface area contributed by atoms with E-state index in [-0.39, 0.29) is 11.4 Å². The Labute approximate surface area is 110 Å². The highest BCUT2D eigenvalue weighted by Gasteiger charge is 2.52. The molecule has 1 unspecified atom stereocenters.